The molecule has 0 aromatic heterocycles. The number of rotatable bonds is 4. The van der Waals surface area contributed by atoms with Crippen molar-refractivity contribution in [1.29, 1.82) is 0 Å². The molecule has 0 aliphatic heterocycles. The largest absolute Gasteiger partial charge is 0.573 e. The van der Waals surface area contributed by atoms with Crippen molar-refractivity contribution in [2.45, 2.75) is 26.1 Å². The highest BCUT2D eigenvalue weighted by Crippen LogP contribution is 2.34. The highest BCUT2D eigenvalue weighted by Gasteiger charge is 2.31. The van der Waals surface area contributed by atoms with E-state index in [0.29, 0.717) is 16.5 Å². The van der Waals surface area contributed by atoms with Crippen LogP contribution in [0.1, 0.15) is 18.9 Å². The fourth-order valence-electron chi connectivity index (χ4n) is 3.66. The predicted octanol–water partition coefficient (Wildman–Crippen LogP) is 7.65. The lowest BCUT2D eigenvalue weighted by Gasteiger charge is -2.12. The summed E-state index contributed by atoms with van der Waals surface area (Å²) in [4.78, 5) is 0. The van der Waals surface area contributed by atoms with Crippen LogP contribution in [0, 0.1) is 5.82 Å². The summed E-state index contributed by atoms with van der Waals surface area (Å²) in [5, 5.41) is 3.32. The minimum atomic E-state index is -4.76. The molecule has 0 radical (unpaired) electrons. The molecule has 5 heteroatoms. The molecule has 1 nitrogen and oxygen atoms in total. The first-order valence-corrected chi connectivity index (χ1v) is 9.36. The summed E-state index contributed by atoms with van der Waals surface area (Å²) < 4.78 is 56.1. The van der Waals surface area contributed by atoms with E-state index in [2.05, 4.69) is 23.8 Å². The Morgan fingerprint density at radius 1 is 0.793 bits per heavy atom. The average Bonchev–Trinajstić information content (AvgIpc) is 2.68. The summed E-state index contributed by atoms with van der Waals surface area (Å²) in [5.74, 6) is -0.733. The second-order valence-electron chi connectivity index (χ2n) is 6.97. The van der Waals surface area contributed by atoms with Crippen LogP contribution >= 0.6 is 0 Å². The molecule has 0 spiro atoms. The Hall–Kier alpha value is -3.08. The van der Waals surface area contributed by atoms with Crippen molar-refractivity contribution in [2.75, 3.05) is 0 Å². The molecule has 4 aromatic rings. The summed E-state index contributed by atoms with van der Waals surface area (Å²) >= 11 is 0. The van der Waals surface area contributed by atoms with Crippen molar-refractivity contribution in [2.24, 2.45) is 0 Å². The van der Waals surface area contributed by atoms with Crippen LogP contribution in [0.25, 0.3) is 32.7 Å². The van der Waals surface area contributed by atoms with Gasteiger partial charge in [-0.15, -0.1) is 13.2 Å². The number of benzene rings is 4. The highest BCUT2D eigenvalue weighted by atomic mass is 19.4. The summed E-state index contributed by atoms with van der Waals surface area (Å²) in [6, 6.07) is 18.6. The summed E-state index contributed by atoms with van der Waals surface area (Å²) in [5.41, 5.74) is 2.06. The maximum Gasteiger partial charge on any atom is 0.573 e. The van der Waals surface area contributed by atoms with Crippen LogP contribution in [-0.4, -0.2) is 6.36 Å². The van der Waals surface area contributed by atoms with Crippen LogP contribution in [0.3, 0.4) is 0 Å². The second-order valence-corrected chi connectivity index (χ2v) is 6.97. The zero-order valence-electron chi connectivity index (χ0n) is 15.7. The van der Waals surface area contributed by atoms with Gasteiger partial charge in [0.25, 0.3) is 0 Å². The summed E-state index contributed by atoms with van der Waals surface area (Å²) in [7, 11) is 0. The Kier molecular flexibility index (Phi) is 4.91. The van der Waals surface area contributed by atoms with Gasteiger partial charge in [0.1, 0.15) is 11.6 Å². The van der Waals surface area contributed by atoms with Crippen molar-refractivity contribution < 1.29 is 22.3 Å². The van der Waals surface area contributed by atoms with Gasteiger partial charge in [-0.2, -0.15) is 0 Å². The molecule has 0 saturated heterocycles. The van der Waals surface area contributed by atoms with E-state index in [-0.39, 0.29) is 5.75 Å². The lowest BCUT2D eigenvalue weighted by atomic mass is 9.95. The molecule has 148 valence electrons. The monoisotopic (exact) mass is 398 g/mol. The van der Waals surface area contributed by atoms with Crippen LogP contribution in [0.5, 0.6) is 5.75 Å². The molecule has 0 amide bonds. The average molecular weight is 398 g/mol. The lowest BCUT2D eigenvalue weighted by Crippen LogP contribution is -2.16. The standard InChI is InChI=1S/C24H18F4O/c1-2-3-15-4-10-19-17(14-15)7-11-22-21(19)13-12-20(23(22)25)16-5-8-18(9-6-16)29-24(26,27)28/h4-14H,2-3H2,1H3. The van der Waals surface area contributed by atoms with Crippen LogP contribution in [0.4, 0.5) is 17.6 Å². The van der Waals surface area contributed by atoms with Crippen LogP contribution in [0.15, 0.2) is 66.7 Å². The van der Waals surface area contributed by atoms with E-state index in [9.17, 15) is 13.2 Å². The van der Waals surface area contributed by atoms with Crippen molar-refractivity contribution in [3.63, 3.8) is 0 Å². The fourth-order valence-corrected chi connectivity index (χ4v) is 3.66. The van der Waals surface area contributed by atoms with Crippen molar-refractivity contribution in [3.05, 3.63) is 78.1 Å². The predicted molar refractivity (Wildman–Crippen MR) is 108 cm³/mol. The Balaban J connectivity index is 1.76. The highest BCUT2D eigenvalue weighted by molar-refractivity contribution is 6.08. The van der Waals surface area contributed by atoms with Gasteiger partial charge in [-0.3, -0.25) is 0 Å². The third-order valence-electron chi connectivity index (χ3n) is 4.95. The number of fused-ring (bicyclic) bond motifs is 3. The molecule has 0 aliphatic carbocycles. The maximum atomic E-state index is 15.2. The number of ether oxygens (including phenoxy) is 1. The second kappa shape index (κ2) is 7.39. The van der Waals surface area contributed by atoms with Crippen LogP contribution < -0.4 is 4.74 Å². The van der Waals surface area contributed by atoms with Crippen LogP contribution in [0.2, 0.25) is 0 Å². The molecule has 0 N–H and O–H groups in total. The Bertz CT molecular complexity index is 1180. The molecule has 0 fully saturated rings. The molecule has 4 aromatic carbocycles. The van der Waals surface area contributed by atoms with E-state index in [1.165, 1.54) is 29.8 Å². The number of hydrogen-bond acceptors (Lipinski definition) is 1. The maximum absolute atomic E-state index is 15.2. The van der Waals surface area contributed by atoms with Crippen molar-refractivity contribution in [3.8, 4) is 16.9 Å². The lowest BCUT2D eigenvalue weighted by molar-refractivity contribution is -0.274. The third kappa shape index (κ3) is 3.90. The molecule has 0 unspecified atom stereocenters. The molecule has 0 bridgehead atoms. The third-order valence-corrected chi connectivity index (χ3v) is 4.95. The molecule has 0 saturated carbocycles. The van der Waals surface area contributed by atoms with Gasteiger partial charge in [0.15, 0.2) is 0 Å². The topological polar surface area (TPSA) is 9.23 Å². The van der Waals surface area contributed by atoms with E-state index in [0.717, 1.165) is 29.0 Å². The molecular formula is C24H18F4O. The number of alkyl halides is 3. The normalized spacial score (nSPS) is 11.9. The first-order valence-electron chi connectivity index (χ1n) is 9.36. The first-order chi connectivity index (χ1) is 13.9. The van der Waals surface area contributed by atoms with Gasteiger partial charge in [-0.05, 0) is 45.8 Å². The van der Waals surface area contributed by atoms with E-state index >= 15 is 4.39 Å². The number of hydrogen-bond donors (Lipinski definition) is 0. The van der Waals surface area contributed by atoms with Gasteiger partial charge in [0.2, 0.25) is 0 Å². The quantitative estimate of drug-likeness (QED) is 0.253. The summed E-state index contributed by atoms with van der Waals surface area (Å²) in [6.45, 7) is 2.13. The molecule has 0 atom stereocenters. The van der Waals surface area contributed by atoms with E-state index in [4.69, 9.17) is 0 Å². The zero-order chi connectivity index (χ0) is 20.6. The van der Waals surface area contributed by atoms with Crippen LogP contribution in [-0.2, 0) is 6.42 Å². The van der Waals surface area contributed by atoms with Gasteiger partial charge in [-0.25, -0.2) is 4.39 Å². The Morgan fingerprint density at radius 2 is 1.48 bits per heavy atom. The first kappa shape index (κ1) is 19.2. The smallest absolute Gasteiger partial charge is 0.406 e. The number of halogens is 4. The van der Waals surface area contributed by atoms with E-state index < -0.39 is 12.2 Å². The molecular weight excluding hydrogens is 380 g/mol. The van der Waals surface area contributed by atoms with Gasteiger partial charge < -0.3 is 4.74 Å². The van der Waals surface area contributed by atoms with Crippen molar-refractivity contribution >= 4 is 21.5 Å². The van der Waals surface area contributed by atoms with E-state index in [1.54, 1.807) is 12.1 Å². The fraction of sp³-hybridized carbons (Fsp3) is 0.167. The molecule has 4 rings (SSSR count). The minimum absolute atomic E-state index is 0.331. The molecule has 0 aliphatic rings. The Labute approximate surface area is 165 Å². The SMILES string of the molecule is CCCc1ccc2c(ccc3c(F)c(-c4ccc(OC(F)(F)F)cc4)ccc32)c1. The molecule has 0 heterocycles. The van der Waals surface area contributed by atoms with Crippen molar-refractivity contribution in [1.82, 2.24) is 0 Å². The number of aryl methyl sites for hydroxylation is 1. The molecule has 29 heavy (non-hydrogen) atoms. The summed E-state index contributed by atoms with van der Waals surface area (Å²) in [6.07, 6.45) is -2.70. The Morgan fingerprint density at radius 3 is 2.17 bits per heavy atom. The minimum Gasteiger partial charge on any atom is -0.406 e. The van der Waals surface area contributed by atoms with Gasteiger partial charge in [-0.1, -0.05) is 67.9 Å². The van der Waals surface area contributed by atoms with E-state index in [1.807, 2.05) is 18.2 Å². The van der Waals surface area contributed by atoms with Gasteiger partial charge >= 0.3 is 6.36 Å². The van der Waals surface area contributed by atoms with Gasteiger partial charge in [0.05, 0.1) is 0 Å². The van der Waals surface area contributed by atoms with Gasteiger partial charge in [0, 0.05) is 10.9 Å². The zero-order valence-corrected chi connectivity index (χ0v) is 15.7.